The van der Waals surface area contributed by atoms with E-state index in [4.69, 9.17) is 14.2 Å². The van der Waals surface area contributed by atoms with Crippen LogP contribution in [-0.4, -0.2) is 44.4 Å². The number of hydrogen-bond donors (Lipinski definition) is 1. The molecule has 1 fully saturated rings. The summed E-state index contributed by atoms with van der Waals surface area (Å²) in [5.41, 5.74) is 1.53. The van der Waals surface area contributed by atoms with E-state index in [1.165, 1.54) is 19.2 Å². The number of aliphatic hydroxyl groups excluding tert-OH is 1. The van der Waals surface area contributed by atoms with Gasteiger partial charge in [-0.25, -0.2) is 4.39 Å². The van der Waals surface area contributed by atoms with Gasteiger partial charge in [0.1, 0.15) is 23.1 Å². The Morgan fingerprint density at radius 3 is 2.56 bits per heavy atom. The highest BCUT2D eigenvalue weighted by atomic mass is 19.1. The molecule has 0 amide bonds. The van der Waals surface area contributed by atoms with Crippen LogP contribution in [0.15, 0.2) is 36.4 Å². The molecule has 5 nitrogen and oxygen atoms in total. The first-order chi connectivity index (χ1) is 13.1. The topological polar surface area (TPSA) is 51.2 Å². The first-order valence-corrected chi connectivity index (χ1v) is 9.04. The number of aliphatic hydroxyl groups is 1. The second-order valence-corrected chi connectivity index (χ2v) is 6.66. The number of halogens is 1. The number of methoxy groups -OCH3 is 3. The van der Waals surface area contributed by atoms with Gasteiger partial charge in [0.05, 0.1) is 27.4 Å². The minimum atomic E-state index is -0.847. The van der Waals surface area contributed by atoms with E-state index in [1.807, 2.05) is 18.2 Å². The van der Waals surface area contributed by atoms with Gasteiger partial charge in [0.25, 0.3) is 0 Å². The Bertz CT molecular complexity index is 783. The molecule has 27 heavy (non-hydrogen) atoms. The Morgan fingerprint density at radius 1 is 1.07 bits per heavy atom. The van der Waals surface area contributed by atoms with E-state index in [0.717, 1.165) is 36.4 Å². The zero-order chi connectivity index (χ0) is 19.4. The van der Waals surface area contributed by atoms with Crippen molar-refractivity contribution in [3.8, 4) is 17.2 Å². The van der Waals surface area contributed by atoms with Crippen LogP contribution in [0.5, 0.6) is 17.2 Å². The standard InChI is InChI=1S/C21H26FNO4/c1-25-15-7-8-16(21(12-15)27-3)18-5-4-10-23(18)13-19(24)17-11-14(22)6-9-20(17)26-2/h6-9,11-12,18-19,24H,4-5,10,13H2,1-3H3/t18-,19+/m1/s1. The summed E-state index contributed by atoms with van der Waals surface area (Å²) in [7, 11) is 4.79. The van der Waals surface area contributed by atoms with Crippen LogP contribution in [0.1, 0.15) is 36.1 Å². The molecule has 0 spiro atoms. The lowest BCUT2D eigenvalue weighted by Gasteiger charge is -2.28. The van der Waals surface area contributed by atoms with Crippen molar-refractivity contribution in [2.45, 2.75) is 25.0 Å². The van der Waals surface area contributed by atoms with Crippen molar-refractivity contribution in [1.82, 2.24) is 4.90 Å². The fourth-order valence-electron chi connectivity index (χ4n) is 3.78. The molecule has 0 radical (unpaired) electrons. The maximum atomic E-state index is 13.7. The molecule has 0 aliphatic carbocycles. The molecule has 0 aromatic heterocycles. The van der Waals surface area contributed by atoms with Gasteiger partial charge in [-0.1, -0.05) is 6.07 Å². The molecule has 1 saturated heterocycles. The zero-order valence-electron chi connectivity index (χ0n) is 15.9. The van der Waals surface area contributed by atoms with Crippen LogP contribution in [0.4, 0.5) is 4.39 Å². The average molecular weight is 375 g/mol. The van der Waals surface area contributed by atoms with E-state index in [-0.39, 0.29) is 11.9 Å². The monoisotopic (exact) mass is 375 g/mol. The smallest absolute Gasteiger partial charge is 0.127 e. The van der Waals surface area contributed by atoms with Crippen molar-refractivity contribution in [3.63, 3.8) is 0 Å². The van der Waals surface area contributed by atoms with Gasteiger partial charge in [-0.2, -0.15) is 0 Å². The Morgan fingerprint density at radius 2 is 1.85 bits per heavy atom. The summed E-state index contributed by atoms with van der Waals surface area (Å²) in [6, 6.07) is 10.1. The van der Waals surface area contributed by atoms with Crippen LogP contribution in [0, 0.1) is 5.82 Å². The highest BCUT2D eigenvalue weighted by molar-refractivity contribution is 5.43. The summed E-state index contributed by atoms with van der Waals surface area (Å²) >= 11 is 0. The van der Waals surface area contributed by atoms with E-state index in [2.05, 4.69) is 4.90 Å². The van der Waals surface area contributed by atoms with E-state index >= 15 is 0 Å². The molecule has 2 atom stereocenters. The first kappa shape index (κ1) is 19.5. The number of rotatable bonds is 7. The number of nitrogens with zero attached hydrogens (tertiary/aromatic N) is 1. The Labute approximate surface area is 159 Å². The molecule has 2 aromatic carbocycles. The van der Waals surface area contributed by atoms with E-state index in [9.17, 15) is 9.50 Å². The second-order valence-electron chi connectivity index (χ2n) is 6.66. The van der Waals surface area contributed by atoms with Crippen LogP contribution < -0.4 is 14.2 Å². The van der Waals surface area contributed by atoms with Crippen LogP contribution in [0.2, 0.25) is 0 Å². The Balaban J connectivity index is 1.82. The molecule has 0 saturated carbocycles. The SMILES string of the molecule is COc1ccc([C@H]2CCCN2C[C@H](O)c2cc(F)ccc2OC)c(OC)c1. The quantitative estimate of drug-likeness (QED) is 0.799. The number of ether oxygens (including phenoxy) is 3. The molecular weight excluding hydrogens is 349 g/mol. The molecule has 0 unspecified atom stereocenters. The third-order valence-electron chi connectivity index (χ3n) is 5.12. The lowest BCUT2D eigenvalue weighted by molar-refractivity contribution is 0.103. The summed E-state index contributed by atoms with van der Waals surface area (Å²) in [6.07, 6.45) is 1.14. The Hall–Kier alpha value is -2.31. The fourth-order valence-corrected chi connectivity index (χ4v) is 3.78. The third-order valence-corrected chi connectivity index (χ3v) is 5.12. The lowest BCUT2D eigenvalue weighted by Crippen LogP contribution is -2.29. The van der Waals surface area contributed by atoms with Gasteiger partial charge >= 0.3 is 0 Å². The van der Waals surface area contributed by atoms with Crippen LogP contribution >= 0.6 is 0 Å². The lowest BCUT2D eigenvalue weighted by atomic mass is 10.0. The molecule has 0 bridgehead atoms. The van der Waals surface area contributed by atoms with Crippen LogP contribution in [0.3, 0.4) is 0 Å². The van der Waals surface area contributed by atoms with E-state index in [1.54, 1.807) is 20.3 Å². The van der Waals surface area contributed by atoms with Crippen molar-refractivity contribution in [2.75, 3.05) is 34.4 Å². The summed E-state index contributed by atoms with van der Waals surface area (Å²) in [5, 5.41) is 10.8. The van der Waals surface area contributed by atoms with Gasteiger partial charge in [0.2, 0.25) is 0 Å². The van der Waals surface area contributed by atoms with Crippen molar-refractivity contribution in [2.24, 2.45) is 0 Å². The first-order valence-electron chi connectivity index (χ1n) is 9.04. The summed E-state index contributed by atoms with van der Waals surface area (Å²) in [4.78, 5) is 2.21. The van der Waals surface area contributed by atoms with Crippen molar-refractivity contribution < 1.29 is 23.7 Å². The molecule has 1 heterocycles. The third kappa shape index (κ3) is 4.17. The minimum Gasteiger partial charge on any atom is -0.497 e. The van der Waals surface area contributed by atoms with Crippen molar-refractivity contribution in [3.05, 3.63) is 53.3 Å². The maximum absolute atomic E-state index is 13.7. The minimum absolute atomic E-state index is 0.125. The van der Waals surface area contributed by atoms with Gasteiger partial charge in [-0.15, -0.1) is 0 Å². The highest BCUT2D eigenvalue weighted by Crippen LogP contribution is 2.40. The van der Waals surface area contributed by atoms with Crippen molar-refractivity contribution >= 4 is 0 Å². The predicted octanol–water partition coefficient (Wildman–Crippen LogP) is 3.72. The predicted molar refractivity (Wildman–Crippen MR) is 101 cm³/mol. The number of hydrogen-bond acceptors (Lipinski definition) is 5. The summed E-state index contributed by atoms with van der Waals surface area (Å²) < 4.78 is 29.8. The highest BCUT2D eigenvalue weighted by Gasteiger charge is 2.31. The van der Waals surface area contributed by atoms with Crippen LogP contribution in [-0.2, 0) is 0 Å². The zero-order valence-corrected chi connectivity index (χ0v) is 15.9. The van der Waals surface area contributed by atoms with Gasteiger partial charge in [-0.3, -0.25) is 4.90 Å². The molecule has 6 heteroatoms. The van der Waals surface area contributed by atoms with Gasteiger partial charge < -0.3 is 19.3 Å². The number of likely N-dealkylation sites (tertiary alicyclic amines) is 1. The van der Waals surface area contributed by atoms with Gasteiger partial charge in [0.15, 0.2) is 0 Å². The van der Waals surface area contributed by atoms with Gasteiger partial charge in [0, 0.05) is 29.8 Å². The maximum Gasteiger partial charge on any atom is 0.127 e. The molecule has 1 N–H and O–H groups in total. The van der Waals surface area contributed by atoms with Crippen molar-refractivity contribution in [1.29, 1.82) is 0 Å². The molecule has 3 rings (SSSR count). The molecule has 1 aliphatic heterocycles. The van der Waals surface area contributed by atoms with Gasteiger partial charge in [-0.05, 0) is 43.7 Å². The average Bonchev–Trinajstić information content (AvgIpc) is 3.15. The normalized spacial score (nSPS) is 18.3. The Kier molecular flexibility index (Phi) is 6.19. The largest absolute Gasteiger partial charge is 0.497 e. The number of benzene rings is 2. The molecular formula is C21H26FNO4. The summed E-state index contributed by atoms with van der Waals surface area (Å²) in [5.74, 6) is 1.61. The second kappa shape index (κ2) is 8.59. The number of β-amino-alcohol motifs (C(OH)–C–C–N with tert-alkyl or cyclic N) is 1. The summed E-state index contributed by atoms with van der Waals surface area (Å²) in [6.45, 7) is 1.24. The van der Waals surface area contributed by atoms with E-state index in [0.29, 0.717) is 17.9 Å². The van der Waals surface area contributed by atoms with E-state index < -0.39 is 6.10 Å². The fraction of sp³-hybridized carbons (Fsp3) is 0.429. The van der Waals surface area contributed by atoms with Crippen LogP contribution in [0.25, 0.3) is 0 Å². The molecule has 1 aliphatic rings. The molecule has 2 aromatic rings. The molecule has 146 valence electrons.